The predicted molar refractivity (Wildman–Crippen MR) is 77.9 cm³/mol. The molecular weight excluding hydrogens is 258 g/mol. The topological polar surface area (TPSA) is 54.9 Å². The number of para-hydroxylation sites is 1. The Morgan fingerprint density at radius 1 is 1.21 bits per heavy atom. The summed E-state index contributed by atoms with van der Waals surface area (Å²) in [5.41, 5.74) is 1.56. The normalized spacial score (nSPS) is 10.6. The highest BCUT2D eigenvalue weighted by Crippen LogP contribution is 2.08. The van der Waals surface area contributed by atoms with Crippen LogP contribution >= 0.6 is 11.8 Å². The molecule has 0 saturated carbocycles. The molecule has 0 spiro atoms. The van der Waals surface area contributed by atoms with Crippen LogP contribution in [0.15, 0.2) is 54.0 Å². The third-order valence-electron chi connectivity index (χ3n) is 2.30. The second-order valence-electron chi connectivity index (χ2n) is 3.69. The van der Waals surface area contributed by atoms with E-state index in [0.29, 0.717) is 5.16 Å². The highest BCUT2D eigenvalue weighted by atomic mass is 32.2. The van der Waals surface area contributed by atoms with Crippen molar-refractivity contribution in [2.45, 2.75) is 5.16 Å². The van der Waals surface area contributed by atoms with E-state index in [-0.39, 0.29) is 5.91 Å². The van der Waals surface area contributed by atoms with E-state index in [0.717, 1.165) is 11.3 Å². The van der Waals surface area contributed by atoms with Crippen LogP contribution in [0.1, 0.15) is 5.56 Å². The molecule has 0 fully saturated rings. The van der Waals surface area contributed by atoms with E-state index >= 15 is 0 Å². The monoisotopic (exact) mass is 271 g/mol. The second kappa shape index (κ2) is 6.70. The van der Waals surface area contributed by atoms with Crippen molar-refractivity contribution in [2.75, 3.05) is 11.6 Å². The van der Waals surface area contributed by atoms with Crippen molar-refractivity contribution >= 4 is 29.4 Å². The third kappa shape index (κ3) is 4.22. The van der Waals surface area contributed by atoms with Gasteiger partial charge >= 0.3 is 0 Å². The van der Waals surface area contributed by atoms with Crippen molar-refractivity contribution in [3.05, 3.63) is 54.4 Å². The van der Waals surface area contributed by atoms with Gasteiger partial charge in [0.25, 0.3) is 0 Å². The number of nitrogens with zero attached hydrogens (tertiary/aromatic N) is 2. The number of hydrogen-bond donors (Lipinski definition) is 1. The number of benzene rings is 1. The van der Waals surface area contributed by atoms with Crippen molar-refractivity contribution in [3.63, 3.8) is 0 Å². The highest BCUT2D eigenvalue weighted by molar-refractivity contribution is 7.98. The molecule has 4 nitrogen and oxygen atoms in total. The Labute approximate surface area is 116 Å². The SMILES string of the molecule is CSc1ncc(/C=C/C(=O)Nc2ccccc2)cn1. The molecule has 1 aromatic heterocycles. The van der Waals surface area contributed by atoms with Gasteiger partial charge in [0, 0.05) is 29.7 Å². The molecule has 0 saturated heterocycles. The zero-order valence-electron chi connectivity index (χ0n) is 10.4. The Kier molecular flexibility index (Phi) is 4.69. The summed E-state index contributed by atoms with van der Waals surface area (Å²) in [7, 11) is 0. The van der Waals surface area contributed by atoms with Gasteiger partial charge in [0.2, 0.25) is 5.91 Å². The maximum Gasteiger partial charge on any atom is 0.248 e. The lowest BCUT2D eigenvalue weighted by atomic mass is 10.3. The fraction of sp³-hybridized carbons (Fsp3) is 0.0714. The highest BCUT2D eigenvalue weighted by Gasteiger charge is 1.97. The van der Waals surface area contributed by atoms with Crippen LogP contribution in [0.3, 0.4) is 0 Å². The summed E-state index contributed by atoms with van der Waals surface area (Å²) in [5, 5.41) is 3.48. The van der Waals surface area contributed by atoms with Gasteiger partial charge in [-0.25, -0.2) is 9.97 Å². The first-order valence-electron chi connectivity index (χ1n) is 5.68. The lowest BCUT2D eigenvalue weighted by Gasteiger charge is -2.00. The summed E-state index contributed by atoms with van der Waals surface area (Å²) < 4.78 is 0. The molecule has 0 aliphatic rings. The summed E-state index contributed by atoms with van der Waals surface area (Å²) in [5.74, 6) is -0.180. The fourth-order valence-corrected chi connectivity index (χ4v) is 1.71. The number of aromatic nitrogens is 2. The third-order valence-corrected chi connectivity index (χ3v) is 2.88. The van der Waals surface area contributed by atoms with Crippen LogP contribution in [0.5, 0.6) is 0 Å². The van der Waals surface area contributed by atoms with E-state index in [1.165, 1.54) is 17.8 Å². The number of anilines is 1. The zero-order chi connectivity index (χ0) is 13.5. The summed E-state index contributed by atoms with van der Waals surface area (Å²) >= 11 is 1.48. The molecule has 96 valence electrons. The van der Waals surface area contributed by atoms with Crippen molar-refractivity contribution < 1.29 is 4.79 Å². The summed E-state index contributed by atoms with van der Waals surface area (Å²) in [6.07, 6.45) is 8.43. The maximum atomic E-state index is 11.7. The minimum absolute atomic E-state index is 0.180. The summed E-state index contributed by atoms with van der Waals surface area (Å²) in [6.45, 7) is 0. The average molecular weight is 271 g/mol. The van der Waals surface area contributed by atoms with Crippen LogP contribution in [0.25, 0.3) is 6.08 Å². The van der Waals surface area contributed by atoms with E-state index in [1.807, 2.05) is 36.6 Å². The smallest absolute Gasteiger partial charge is 0.248 e. The Bertz CT molecular complexity index is 567. The van der Waals surface area contributed by atoms with Gasteiger partial charge in [0.1, 0.15) is 0 Å². The van der Waals surface area contributed by atoms with Crippen molar-refractivity contribution in [1.82, 2.24) is 9.97 Å². The molecule has 1 heterocycles. The summed E-state index contributed by atoms with van der Waals surface area (Å²) in [6, 6.07) is 9.31. The van der Waals surface area contributed by atoms with E-state index in [1.54, 1.807) is 18.5 Å². The molecule has 0 bridgehead atoms. The molecule has 0 aliphatic carbocycles. The van der Waals surface area contributed by atoms with Gasteiger partial charge in [0.15, 0.2) is 5.16 Å². The van der Waals surface area contributed by atoms with E-state index < -0.39 is 0 Å². The van der Waals surface area contributed by atoms with Crippen LogP contribution in [0.4, 0.5) is 5.69 Å². The Morgan fingerprint density at radius 3 is 2.53 bits per heavy atom. The van der Waals surface area contributed by atoms with Gasteiger partial charge < -0.3 is 5.32 Å². The molecular formula is C14H13N3OS. The van der Waals surface area contributed by atoms with E-state index in [2.05, 4.69) is 15.3 Å². The number of thioether (sulfide) groups is 1. The Morgan fingerprint density at radius 2 is 1.89 bits per heavy atom. The standard InChI is InChI=1S/C14H13N3OS/c1-19-14-15-9-11(10-16-14)7-8-13(18)17-12-5-3-2-4-6-12/h2-10H,1H3,(H,17,18)/b8-7+. The van der Waals surface area contributed by atoms with Crippen molar-refractivity contribution in [2.24, 2.45) is 0 Å². The molecule has 0 unspecified atom stereocenters. The molecule has 2 aromatic rings. The van der Waals surface area contributed by atoms with Gasteiger partial charge in [0.05, 0.1) is 0 Å². The van der Waals surface area contributed by atoms with E-state index in [4.69, 9.17) is 0 Å². The Hall–Kier alpha value is -2.14. The minimum atomic E-state index is -0.180. The van der Waals surface area contributed by atoms with Crippen molar-refractivity contribution in [3.8, 4) is 0 Å². The molecule has 5 heteroatoms. The molecule has 1 aromatic carbocycles. The Balaban J connectivity index is 1.96. The molecule has 0 aliphatic heterocycles. The number of nitrogens with one attached hydrogen (secondary N) is 1. The zero-order valence-corrected chi connectivity index (χ0v) is 11.2. The van der Waals surface area contributed by atoms with Crippen LogP contribution in [0.2, 0.25) is 0 Å². The molecule has 1 N–H and O–H groups in total. The summed E-state index contributed by atoms with van der Waals surface area (Å²) in [4.78, 5) is 19.9. The first kappa shape index (κ1) is 13.3. The number of carbonyl (C=O) groups is 1. The van der Waals surface area contributed by atoms with Crippen LogP contribution < -0.4 is 5.32 Å². The maximum absolute atomic E-state index is 11.7. The first-order chi connectivity index (χ1) is 9.28. The molecule has 19 heavy (non-hydrogen) atoms. The lowest BCUT2D eigenvalue weighted by molar-refractivity contribution is -0.111. The first-order valence-corrected chi connectivity index (χ1v) is 6.90. The molecule has 1 amide bonds. The molecule has 0 radical (unpaired) electrons. The number of carbonyl (C=O) groups excluding carboxylic acids is 1. The largest absolute Gasteiger partial charge is 0.323 e. The van der Waals surface area contributed by atoms with Crippen LogP contribution in [-0.4, -0.2) is 22.1 Å². The number of amides is 1. The quantitative estimate of drug-likeness (QED) is 0.528. The number of hydrogen-bond acceptors (Lipinski definition) is 4. The van der Waals surface area contributed by atoms with Gasteiger partial charge in [-0.15, -0.1) is 0 Å². The number of rotatable bonds is 4. The average Bonchev–Trinajstić information content (AvgIpc) is 2.47. The minimum Gasteiger partial charge on any atom is -0.323 e. The van der Waals surface area contributed by atoms with Gasteiger partial charge in [-0.1, -0.05) is 30.0 Å². The molecule has 0 atom stereocenters. The van der Waals surface area contributed by atoms with E-state index in [9.17, 15) is 4.79 Å². The second-order valence-corrected chi connectivity index (χ2v) is 4.47. The van der Waals surface area contributed by atoms with Crippen molar-refractivity contribution in [1.29, 1.82) is 0 Å². The van der Waals surface area contributed by atoms with Gasteiger partial charge in [-0.2, -0.15) is 0 Å². The van der Waals surface area contributed by atoms with Gasteiger partial charge in [-0.3, -0.25) is 4.79 Å². The lowest BCUT2D eigenvalue weighted by Crippen LogP contribution is -2.07. The van der Waals surface area contributed by atoms with Crippen LogP contribution in [0, 0.1) is 0 Å². The predicted octanol–water partition coefficient (Wildman–Crippen LogP) is 2.85. The fourth-order valence-electron chi connectivity index (χ4n) is 1.39. The van der Waals surface area contributed by atoms with Crippen LogP contribution in [-0.2, 0) is 4.79 Å². The molecule has 2 rings (SSSR count). The van der Waals surface area contributed by atoms with Gasteiger partial charge in [-0.05, 0) is 24.5 Å².